The Kier molecular flexibility index (Phi) is 3.02. The third-order valence-corrected chi connectivity index (χ3v) is 2.61. The van der Waals surface area contributed by atoms with Gasteiger partial charge in [0.05, 0.1) is 22.0 Å². The monoisotopic (exact) mass is 314 g/mol. The number of fused-ring (bicyclic) bond motifs is 1. The fraction of sp³-hybridized carbons (Fsp3) is 0. The average molecular weight is 314 g/mol. The molecule has 114 valence electrons. The van der Waals surface area contributed by atoms with E-state index in [0.717, 1.165) is 0 Å². The summed E-state index contributed by atoms with van der Waals surface area (Å²) in [5.74, 6) is 0. The van der Waals surface area contributed by atoms with E-state index in [1.165, 1.54) is 0 Å². The summed E-state index contributed by atoms with van der Waals surface area (Å²) in [6.45, 7) is 0. The topological polar surface area (TPSA) is 199 Å². The van der Waals surface area contributed by atoms with Crippen molar-refractivity contribution in [2.45, 2.75) is 0 Å². The zero-order valence-corrected chi connectivity index (χ0v) is 10.0. The van der Waals surface area contributed by atoms with Crippen LogP contribution in [0.5, 0.6) is 0 Å². The molecule has 0 aliphatic heterocycles. The summed E-state index contributed by atoms with van der Waals surface area (Å²) >= 11 is 0. The maximum atomic E-state index is 11.6. The number of aromatic nitrogens is 2. The molecular formula is C7H2N6O9. The fourth-order valence-electron chi connectivity index (χ4n) is 1.80. The Bertz CT molecular complexity index is 851. The van der Waals surface area contributed by atoms with Crippen LogP contribution in [0, 0.1) is 40.5 Å². The number of hydrogen-bond donors (Lipinski definition) is 0. The molecule has 0 spiro atoms. The Hall–Kier alpha value is -3.91. The lowest BCUT2D eigenvalue weighted by Gasteiger charge is -1.95. The number of nitro benzene ring substituents is 2. The van der Waals surface area contributed by atoms with Crippen molar-refractivity contribution >= 4 is 22.4 Å². The van der Waals surface area contributed by atoms with Crippen LogP contribution in [0.1, 0.15) is 0 Å². The molecule has 1 aromatic carbocycles. The second-order valence-electron chi connectivity index (χ2n) is 3.73. The van der Waals surface area contributed by atoms with Gasteiger partial charge in [0.2, 0.25) is 0 Å². The lowest BCUT2D eigenvalue weighted by Crippen LogP contribution is -2.31. The van der Waals surface area contributed by atoms with Crippen LogP contribution in [0.3, 0.4) is 0 Å². The Morgan fingerprint density at radius 1 is 0.727 bits per heavy atom. The predicted molar refractivity (Wildman–Crippen MR) is 64.3 cm³/mol. The first-order valence-corrected chi connectivity index (χ1v) is 5.06. The Balaban J connectivity index is 3.11. The van der Waals surface area contributed by atoms with Gasteiger partial charge in [0.1, 0.15) is 0 Å². The molecule has 0 aliphatic rings. The molecule has 0 aliphatic carbocycles. The Morgan fingerprint density at radius 3 is 1.27 bits per heavy atom. The normalized spacial score (nSPS) is 10.5. The quantitative estimate of drug-likeness (QED) is 0.536. The molecule has 0 radical (unpaired) electrons. The number of rotatable bonds is 4. The summed E-state index contributed by atoms with van der Waals surface area (Å²) in [4.78, 5) is 52.4. The van der Waals surface area contributed by atoms with Crippen molar-refractivity contribution in [2.24, 2.45) is 0 Å². The molecule has 15 heteroatoms. The minimum absolute atomic E-state index is 0.311. The van der Waals surface area contributed by atoms with Gasteiger partial charge in [-0.25, -0.2) is 25.0 Å². The molecule has 0 bridgehead atoms. The van der Waals surface area contributed by atoms with Gasteiger partial charge in [0.25, 0.3) is 0 Å². The van der Waals surface area contributed by atoms with Crippen LogP contribution >= 0.6 is 0 Å². The van der Waals surface area contributed by atoms with Gasteiger partial charge in [-0.3, -0.25) is 20.2 Å². The third kappa shape index (κ3) is 1.88. The molecule has 0 unspecified atom stereocenters. The van der Waals surface area contributed by atoms with Crippen molar-refractivity contribution in [1.29, 1.82) is 0 Å². The molecule has 1 aromatic heterocycles. The summed E-state index contributed by atoms with van der Waals surface area (Å²) in [6.07, 6.45) is 0. The smallest absolute Gasteiger partial charge is 0.258 e. The maximum Gasteiger partial charge on any atom is 0.446 e. The molecule has 2 rings (SSSR count). The largest absolute Gasteiger partial charge is 0.446 e. The molecule has 2 aromatic rings. The fourth-order valence-corrected chi connectivity index (χ4v) is 1.80. The van der Waals surface area contributed by atoms with E-state index in [4.69, 9.17) is 0 Å². The molecule has 22 heavy (non-hydrogen) atoms. The molecule has 1 heterocycles. The molecule has 0 atom stereocenters. The van der Waals surface area contributed by atoms with Gasteiger partial charge in [-0.1, -0.05) is 0 Å². The van der Waals surface area contributed by atoms with E-state index in [1.54, 1.807) is 0 Å². The van der Waals surface area contributed by atoms with Crippen LogP contribution in [0.4, 0.5) is 11.4 Å². The van der Waals surface area contributed by atoms with Crippen LogP contribution in [0.2, 0.25) is 0 Å². The highest BCUT2D eigenvalue weighted by Gasteiger charge is 2.34. The minimum atomic E-state index is -1.74. The zero-order chi connectivity index (χ0) is 16.8. The van der Waals surface area contributed by atoms with Gasteiger partial charge >= 0.3 is 17.1 Å². The Labute approximate surface area is 116 Å². The molecule has 15 nitrogen and oxygen atoms in total. The number of imidazole rings is 1. The van der Waals surface area contributed by atoms with Crippen LogP contribution < -0.4 is 5.69 Å². The van der Waals surface area contributed by atoms with Gasteiger partial charge in [0.15, 0.2) is 21.1 Å². The second kappa shape index (κ2) is 4.58. The standard InChI is InChI=1S/C7H2N6O9/c14-7-8(12(19)20)3-1-5(10(15)16)6(11(17)18)2-4(3)9(7)13(21)22/h1-2H. The van der Waals surface area contributed by atoms with E-state index in [0.29, 0.717) is 12.1 Å². The number of hydrogen-bond acceptors (Lipinski definition) is 9. The highest BCUT2D eigenvalue weighted by molar-refractivity contribution is 5.83. The molecular weight excluding hydrogens is 312 g/mol. The van der Waals surface area contributed by atoms with Gasteiger partial charge < -0.3 is 0 Å². The van der Waals surface area contributed by atoms with Crippen molar-refractivity contribution < 1.29 is 19.9 Å². The average Bonchev–Trinajstić information content (AvgIpc) is 2.67. The first kappa shape index (κ1) is 14.5. The Morgan fingerprint density at radius 2 is 1.05 bits per heavy atom. The van der Waals surface area contributed by atoms with E-state index in [9.17, 15) is 45.3 Å². The highest BCUT2D eigenvalue weighted by Crippen LogP contribution is 2.31. The van der Waals surface area contributed by atoms with Gasteiger partial charge in [-0.15, -0.1) is 0 Å². The van der Waals surface area contributed by atoms with Crippen molar-refractivity contribution in [2.75, 3.05) is 0 Å². The van der Waals surface area contributed by atoms with Gasteiger partial charge in [-0.2, -0.15) is 0 Å². The number of benzene rings is 1. The lowest BCUT2D eigenvalue weighted by atomic mass is 10.2. The van der Waals surface area contributed by atoms with Crippen molar-refractivity contribution in [3.63, 3.8) is 0 Å². The van der Waals surface area contributed by atoms with E-state index in [1.807, 2.05) is 0 Å². The van der Waals surface area contributed by atoms with Crippen LogP contribution in [0.15, 0.2) is 16.9 Å². The molecule has 0 saturated carbocycles. The zero-order valence-electron chi connectivity index (χ0n) is 10.0. The van der Waals surface area contributed by atoms with Crippen molar-refractivity contribution in [3.8, 4) is 0 Å². The summed E-state index contributed by atoms with van der Waals surface area (Å²) in [5.41, 5.74) is -5.66. The SMILES string of the molecule is O=c1n([N+](=O)[O-])c2cc([N+](=O)[O-])c([N+](=O)[O-])cc2n1[N+](=O)[O-]. The minimum Gasteiger partial charge on any atom is -0.258 e. The molecule has 0 amide bonds. The summed E-state index contributed by atoms with van der Waals surface area (Å²) in [5, 5.41) is 40.5. The first-order chi connectivity index (χ1) is 10.2. The van der Waals surface area contributed by atoms with Crippen LogP contribution in [0.25, 0.3) is 11.0 Å². The van der Waals surface area contributed by atoms with E-state index < -0.39 is 48.0 Å². The van der Waals surface area contributed by atoms with Crippen molar-refractivity contribution in [1.82, 2.24) is 9.35 Å². The van der Waals surface area contributed by atoms with E-state index >= 15 is 0 Å². The molecule has 0 saturated heterocycles. The van der Waals surface area contributed by atoms with E-state index in [2.05, 4.69) is 0 Å². The second-order valence-corrected chi connectivity index (χ2v) is 3.73. The summed E-state index contributed by atoms with van der Waals surface area (Å²) in [7, 11) is 0. The maximum absolute atomic E-state index is 11.6. The van der Waals surface area contributed by atoms with Gasteiger partial charge in [0, 0.05) is 9.35 Å². The highest BCUT2D eigenvalue weighted by atomic mass is 16.7. The van der Waals surface area contributed by atoms with Crippen LogP contribution in [-0.2, 0) is 0 Å². The van der Waals surface area contributed by atoms with Crippen molar-refractivity contribution in [3.05, 3.63) is 63.1 Å². The number of nitrogens with zero attached hydrogens (tertiary/aromatic N) is 6. The lowest BCUT2D eigenvalue weighted by molar-refractivity contribution is -0.561. The van der Waals surface area contributed by atoms with E-state index in [-0.39, 0.29) is 9.35 Å². The molecule has 0 N–H and O–H groups in total. The van der Waals surface area contributed by atoms with Crippen LogP contribution in [-0.4, -0.2) is 29.3 Å². The first-order valence-electron chi connectivity index (χ1n) is 5.06. The third-order valence-electron chi connectivity index (χ3n) is 2.61. The molecule has 0 fully saturated rings. The summed E-state index contributed by atoms with van der Waals surface area (Å²) in [6, 6.07) is 0.718. The van der Waals surface area contributed by atoms with Gasteiger partial charge in [-0.05, 0) is 0 Å². The predicted octanol–water partition coefficient (Wildman–Crippen LogP) is -0.301. The summed E-state index contributed by atoms with van der Waals surface area (Å²) < 4.78 is -0.621. The number of nitro groups is 4.